The zero-order chi connectivity index (χ0) is 27.3. The molecule has 3 atom stereocenters. The summed E-state index contributed by atoms with van der Waals surface area (Å²) in [5, 5.41) is 16.2. The molecule has 1 saturated carbocycles. The van der Waals surface area contributed by atoms with Gasteiger partial charge in [0.25, 0.3) is 17.4 Å². The fourth-order valence-corrected chi connectivity index (χ4v) is 4.76. The lowest BCUT2D eigenvalue weighted by Gasteiger charge is -2.38. The Balaban J connectivity index is 1.92. The van der Waals surface area contributed by atoms with Gasteiger partial charge in [0.2, 0.25) is 5.60 Å². The molecule has 3 heterocycles. The number of carbonyl (C=O) groups excluding carboxylic acids is 2. The highest BCUT2D eigenvalue weighted by Gasteiger charge is 2.45. The van der Waals surface area contributed by atoms with Crippen LogP contribution in [-0.2, 0) is 17.8 Å². The van der Waals surface area contributed by atoms with Gasteiger partial charge in [-0.2, -0.15) is 0 Å². The van der Waals surface area contributed by atoms with Gasteiger partial charge in [0.1, 0.15) is 16.6 Å². The van der Waals surface area contributed by atoms with Crippen LogP contribution in [0.25, 0.3) is 11.0 Å². The third kappa shape index (κ3) is 4.81. The van der Waals surface area contributed by atoms with Crippen LogP contribution in [-0.4, -0.2) is 51.3 Å². The summed E-state index contributed by atoms with van der Waals surface area (Å²) in [4.78, 5) is 43.7. The summed E-state index contributed by atoms with van der Waals surface area (Å²) >= 11 is 0. The third-order valence-electron chi connectivity index (χ3n) is 7.61. The van der Waals surface area contributed by atoms with E-state index in [1.165, 1.54) is 24.7 Å². The Kier molecular flexibility index (Phi) is 6.81. The third-order valence-corrected chi connectivity index (χ3v) is 7.61. The first-order valence-electron chi connectivity index (χ1n) is 12.6. The molecule has 1 aliphatic carbocycles. The quantitative estimate of drug-likeness (QED) is 0.442. The molecule has 2 aliphatic rings. The number of alkyl halides is 1. The first-order valence-corrected chi connectivity index (χ1v) is 12.6. The van der Waals surface area contributed by atoms with Crippen molar-refractivity contribution in [3.63, 3.8) is 0 Å². The molecule has 0 saturated heterocycles. The van der Waals surface area contributed by atoms with E-state index in [0.717, 1.165) is 18.4 Å². The Labute approximate surface area is 215 Å². The van der Waals surface area contributed by atoms with Gasteiger partial charge in [-0.25, -0.2) is 4.39 Å². The molecule has 0 radical (unpaired) electrons. The minimum atomic E-state index is -1.45. The first-order chi connectivity index (χ1) is 17.3. The van der Waals surface area contributed by atoms with Gasteiger partial charge in [0.15, 0.2) is 11.5 Å². The normalized spacial score (nSPS) is 21.0. The number of pyridine rings is 2. The molecule has 2 aromatic rings. The number of carbonyl (C=O) groups is 2. The number of allylic oxidation sites excluding steroid dienone is 1. The molecule has 2 amide bonds. The van der Waals surface area contributed by atoms with Crippen LogP contribution < -0.4 is 20.9 Å². The summed E-state index contributed by atoms with van der Waals surface area (Å²) in [6, 6.07) is 0.0682. The van der Waals surface area contributed by atoms with Crippen LogP contribution >= 0.6 is 0 Å². The average molecular weight is 515 g/mol. The summed E-state index contributed by atoms with van der Waals surface area (Å²) in [5.41, 5.74) is -1.48. The first kappa shape index (κ1) is 26.6. The fraction of sp³-hybridized carbons (Fsp3) is 0.556. The number of aromatic hydroxyl groups is 1. The van der Waals surface area contributed by atoms with Crippen molar-refractivity contribution in [2.45, 2.75) is 84.2 Å². The SMILES string of the molecule is C=C(C)C(C)(CCC(C)F)Cc1cnc2c(O)c(C(=O)NC)c(=O)n3c2c1OC(C)(C(=O)NC1CC1)C3. The van der Waals surface area contributed by atoms with E-state index in [2.05, 4.69) is 22.2 Å². The Morgan fingerprint density at radius 2 is 2.11 bits per heavy atom. The lowest BCUT2D eigenvalue weighted by atomic mass is 9.74. The number of halogens is 1. The Morgan fingerprint density at radius 3 is 2.68 bits per heavy atom. The van der Waals surface area contributed by atoms with Gasteiger partial charge in [0, 0.05) is 24.8 Å². The van der Waals surface area contributed by atoms with Crippen molar-refractivity contribution in [3.05, 3.63) is 39.8 Å². The maximum absolute atomic E-state index is 13.8. The highest BCUT2D eigenvalue weighted by Crippen LogP contribution is 2.44. The largest absolute Gasteiger partial charge is 0.505 e. The maximum atomic E-state index is 13.8. The van der Waals surface area contributed by atoms with Crippen LogP contribution in [0.15, 0.2) is 23.1 Å². The minimum Gasteiger partial charge on any atom is -0.505 e. The number of hydrogen-bond donors (Lipinski definition) is 3. The summed E-state index contributed by atoms with van der Waals surface area (Å²) in [5.74, 6) is -1.44. The number of hydrogen-bond acceptors (Lipinski definition) is 6. The molecule has 4 rings (SSSR count). The number of nitrogens with zero attached hydrogens (tertiary/aromatic N) is 2. The number of ether oxygens (including phenoxy) is 1. The van der Waals surface area contributed by atoms with E-state index in [0.29, 0.717) is 24.8 Å². The summed E-state index contributed by atoms with van der Waals surface area (Å²) in [7, 11) is 1.36. The zero-order valence-electron chi connectivity index (χ0n) is 22.0. The van der Waals surface area contributed by atoms with Crippen LogP contribution in [0.2, 0.25) is 0 Å². The minimum absolute atomic E-state index is 0.0241. The molecule has 0 aromatic carbocycles. The van der Waals surface area contributed by atoms with Crippen molar-refractivity contribution in [1.29, 1.82) is 0 Å². The molecule has 3 unspecified atom stereocenters. The molecule has 37 heavy (non-hydrogen) atoms. The van der Waals surface area contributed by atoms with E-state index >= 15 is 0 Å². The predicted molar refractivity (Wildman–Crippen MR) is 138 cm³/mol. The Bertz CT molecular complexity index is 1350. The highest BCUT2D eigenvalue weighted by molar-refractivity contribution is 6.02. The number of nitrogens with one attached hydrogen (secondary N) is 2. The lowest BCUT2D eigenvalue weighted by molar-refractivity contribution is -0.137. The van der Waals surface area contributed by atoms with E-state index in [-0.39, 0.29) is 35.3 Å². The second-order valence-corrected chi connectivity index (χ2v) is 10.9. The molecule has 0 bridgehead atoms. The van der Waals surface area contributed by atoms with E-state index in [1.54, 1.807) is 6.92 Å². The summed E-state index contributed by atoms with van der Waals surface area (Å²) in [6.45, 7) is 10.9. The molecule has 3 N–H and O–H groups in total. The van der Waals surface area contributed by atoms with Gasteiger partial charge in [0.05, 0.1) is 12.7 Å². The van der Waals surface area contributed by atoms with Gasteiger partial charge >= 0.3 is 0 Å². The van der Waals surface area contributed by atoms with E-state index in [1.807, 2.05) is 13.8 Å². The molecule has 9 nitrogen and oxygen atoms in total. The van der Waals surface area contributed by atoms with Crippen LogP contribution in [0.1, 0.15) is 69.3 Å². The molecule has 1 fully saturated rings. The number of amides is 2. The van der Waals surface area contributed by atoms with Crippen molar-refractivity contribution in [1.82, 2.24) is 20.2 Å². The van der Waals surface area contributed by atoms with E-state index < -0.39 is 40.0 Å². The predicted octanol–water partition coefficient (Wildman–Crippen LogP) is 3.15. The highest BCUT2D eigenvalue weighted by atomic mass is 19.1. The van der Waals surface area contributed by atoms with Crippen molar-refractivity contribution in [2.24, 2.45) is 5.41 Å². The maximum Gasteiger partial charge on any atom is 0.268 e. The Morgan fingerprint density at radius 1 is 1.43 bits per heavy atom. The lowest BCUT2D eigenvalue weighted by Crippen LogP contribution is -2.55. The molecular weight excluding hydrogens is 479 g/mol. The Hall–Kier alpha value is -3.43. The average Bonchev–Trinajstić information content (AvgIpc) is 3.65. The monoisotopic (exact) mass is 514 g/mol. The van der Waals surface area contributed by atoms with Crippen LogP contribution in [0.3, 0.4) is 0 Å². The molecule has 0 spiro atoms. The van der Waals surface area contributed by atoms with Gasteiger partial charge in [-0.05, 0) is 58.3 Å². The topological polar surface area (TPSA) is 123 Å². The van der Waals surface area contributed by atoms with Crippen molar-refractivity contribution < 1.29 is 23.8 Å². The van der Waals surface area contributed by atoms with Gasteiger partial charge < -0.3 is 20.5 Å². The molecule has 1 aliphatic heterocycles. The smallest absolute Gasteiger partial charge is 0.268 e. The fourth-order valence-electron chi connectivity index (χ4n) is 4.76. The molecule has 10 heteroatoms. The second kappa shape index (κ2) is 9.46. The van der Waals surface area contributed by atoms with Gasteiger partial charge in [-0.3, -0.25) is 23.9 Å². The van der Waals surface area contributed by atoms with Crippen molar-refractivity contribution in [2.75, 3.05) is 7.05 Å². The molecule has 200 valence electrons. The van der Waals surface area contributed by atoms with Crippen LogP contribution in [0.5, 0.6) is 11.5 Å². The van der Waals surface area contributed by atoms with Gasteiger partial charge in [-0.1, -0.05) is 19.1 Å². The van der Waals surface area contributed by atoms with Crippen LogP contribution in [0.4, 0.5) is 4.39 Å². The van der Waals surface area contributed by atoms with Crippen molar-refractivity contribution in [3.8, 4) is 11.5 Å². The zero-order valence-corrected chi connectivity index (χ0v) is 22.0. The van der Waals surface area contributed by atoms with E-state index in [4.69, 9.17) is 4.74 Å². The number of aromatic nitrogens is 2. The number of rotatable bonds is 9. The van der Waals surface area contributed by atoms with Crippen LogP contribution in [0, 0.1) is 5.41 Å². The summed E-state index contributed by atoms with van der Waals surface area (Å²) < 4.78 is 21.4. The molecular formula is C27H35FN4O5. The standard InChI is InChI=1S/C27H35FN4O5/c1-14(2)26(4,10-9-15(3)28)11-16-12-30-19-20-22(16)37-27(5,25(36)31-17-7-8-17)13-32(20)24(35)18(21(19)33)23(34)29-6/h12,15,17,33H,1,7-11,13H2,2-6H3,(H,29,34)(H,31,36). The van der Waals surface area contributed by atoms with Gasteiger partial charge in [-0.15, -0.1) is 0 Å². The van der Waals surface area contributed by atoms with E-state index in [9.17, 15) is 23.9 Å². The molecule has 2 aromatic heterocycles. The van der Waals surface area contributed by atoms with Crippen molar-refractivity contribution >= 4 is 22.8 Å². The summed E-state index contributed by atoms with van der Waals surface area (Å²) in [6.07, 6.45) is 3.50. The second-order valence-electron chi connectivity index (χ2n) is 10.9.